The first kappa shape index (κ1) is 11.8. The van der Waals surface area contributed by atoms with Gasteiger partial charge in [-0.1, -0.05) is 31.7 Å². The molecule has 0 radical (unpaired) electrons. The quantitative estimate of drug-likeness (QED) is 0.488. The van der Waals surface area contributed by atoms with Crippen LogP contribution in [0.1, 0.15) is 13.3 Å². The van der Waals surface area contributed by atoms with E-state index < -0.39 is 12.1 Å². The molecule has 0 amide bonds. The van der Waals surface area contributed by atoms with Crippen molar-refractivity contribution >= 4 is 0 Å². The van der Waals surface area contributed by atoms with E-state index >= 15 is 0 Å². The van der Waals surface area contributed by atoms with Crippen LogP contribution in [-0.4, -0.2) is 6.36 Å². The van der Waals surface area contributed by atoms with Crippen LogP contribution in [0.15, 0.2) is 36.6 Å². The number of halogens is 3. The molecule has 0 atom stereocenters. The highest BCUT2D eigenvalue weighted by Gasteiger charge is 2.30. The molecule has 0 N–H and O–H groups in total. The third-order valence-electron chi connectivity index (χ3n) is 1.01. The van der Waals surface area contributed by atoms with Crippen molar-refractivity contribution in [2.45, 2.75) is 19.7 Å². The van der Waals surface area contributed by atoms with Crippen LogP contribution in [0.3, 0.4) is 0 Å². The summed E-state index contributed by atoms with van der Waals surface area (Å²) in [4.78, 5) is 0. The van der Waals surface area contributed by atoms with Crippen LogP contribution in [0, 0.1) is 0 Å². The standard InChI is InChI=1S/C9H11F3O/c1-3-4-5-6-7-8(2)13-9(10,11)12/h4-7H,2-3H2,1H3/b5-4-,7-6-. The van der Waals surface area contributed by atoms with E-state index in [1.54, 1.807) is 12.2 Å². The largest absolute Gasteiger partial charge is 0.573 e. The Morgan fingerprint density at radius 1 is 1.38 bits per heavy atom. The van der Waals surface area contributed by atoms with E-state index in [1.165, 1.54) is 6.08 Å². The van der Waals surface area contributed by atoms with Gasteiger partial charge >= 0.3 is 6.36 Å². The molecular weight excluding hydrogens is 181 g/mol. The number of alkyl halides is 3. The summed E-state index contributed by atoms with van der Waals surface area (Å²) in [7, 11) is 0. The molecular formula is C9H11F3O. The van der Waals surface area contributed by atoms with E-state index in [9.17, 15) is 13.2 Å². The molecule has 4 heteroatoms. The molecule has 13 heavy (non-hydrogen) atoms. The lowest BCUT2D eigenvalue weighted by atomic mass is 10.3. The van der Waals surface area contributed by atoms with E-state index in [0.717, 1.165) is 12.5 Å². The Morgan fingerprint density at radius 3 is 2.46 bits per heavy atom. The Bertz CT molecular complexity index is 213. The minimum absolute atomic E-state index is 0.423. The molecule has 0 bridgehead atoms. The second-order valence-electron chi connectivity index (χ2n) is 2.21. The van der Waals surface area contributed by atoms with Crippen molar-refractivity contribution in [3.05, 3.63) is 36.6 Å². The summed E-state index contributed by atoms with van der Waals surface area (Å²) >= 11 is 0. The lowest BCUT2D eigenvalue weighted by Gasteiger charge is -2.07. The lowest BCUT2D eigenvalue weighted by Crippen LogP contribution is -2.11. The molecule has 1 nitrogen and oxygen atoms in total. The van der Waals surface area contributed by atoms with Gasteiger partial charge in [-0.05, 0) is 12.5 Å². The lowest BCUT2D eigenvalue weighted by molar-refractivity contribution is -0.303. The Hall–Kier alpha value is -1.19. The topological polar surface area (TPSA) is 9.23 Å². The Morgan fingerprint density at radius 2 is 2.00 bits per heavy atom. The summed E-state index contributed by atoms with van der Waals surface area (Å²) in [6.07, 6.45) is 2.20. The van der Waals surface area contributed by atoms with Gasteiger partial charge in [0, 0.05) is 0 Å². The first-order valence-corrected chi connectivity index (χ1v) is 3.73. The van der Waals surface area contributed by atoms with Gasteiger partial charge in [-0.15, -0.1) is 13.2 Å². The van der Waals surface area contributed by atoms with Gasteiger partial charge in [0.1, 0.15) is 5.76 Å². The van der Waals surface area contributed by atoms with Gasteiger partial charge in [0.15, 0.2) is 0 Å². The predicted octanol–water partition coefficient (Wildman–Crippen LogP) is 3.56. The van der Waals surface area contributed by atoms with Gasteiger partial charge in [0.2, 0.25) is 0 Å². The highest BCUT2D eigenvalue weighted by atomic mass is 19.4. The molecule has 0 spiro atoms. The van der Waals surface area contributed by atoms with Crippen LogP contribution in [0.4, 0.5) is 13.2 Å². The van der Waals surface area contributed by atoms with Gasteiger partial charge in [0.25, 0.3) is 0 Å². The predicted molar refractivity (Wildman–Crippen MR) is 44.9 cm³/mol. The maximum absolute atomic E-state index is 11.5. The summed E-state index contributed by atoms with van der Waals surface area (Å²) in [6.45, 7) is 5.00. The average Bonchev–Trinajstić information content (AvgIpc) is 1.94. The van der Waals surface area contributed by atoms with E-state index in [2.05, 4.69) is 11.3 Å². The van der Waals surface area contributed by atoms with Crippen molar-refractivity contribution in [1.82, 2.24) is 0 Å². The summed E-state index contributed by atoms with van der Waals surface area (Å²) in [6, 6.07) is 0. The number of ether oxygens (including phenoxy) is 1. The number of allylic oxidation sites excluding steroid dienone is 4. The van der Waals surface area contributed by atoms with E-state index in [4.69, 9.17) is 0 Å². The molecule has 0 fully saturated rings. The summed E-state index contributed by atoms with van der Waals surface area (Å²) in [5.74, 6) is -0.423. The summed E-state index contributed by atoms with van der Waals surface area (Å²) in [5, 5.41) is 0. The monoisotopic (exact) mass is 192 g/mol. The molecule has 0 aromatic rings. The van der Waals surface area contributed by atoms with E-state index in [1.807, 2.05) is 6.92 Å². The zero-order valence-electron chi connectivity index (χ0n) is 7.27. The van der Waals surface area contributed by atoms with E-state index in [-0.39, 0.29) is 0 Å². The van der Waals surface area contributed by atoms with Crippen LogP contribution >= 0.6 is 0 Å². The summed E-state index contributed by atoms with van der Waals surface area (Å²) in [5.41, 5.74) is 0. The second-order valence-corrected chi connectivity index (χ2v) is 2.21. The second kappa shape index (κ2) is 5.45. The van der Waals surface area contributed by atoms with Crippen LogP contribution in [0.25, 0.3) is 0 Å². The van der Waals surface area contributed by atoms with Crippen molar-refractivity contribution in [2.75, 3.05) is 0 Å². The number of rotatable bonds is 4. The van der Waals surface area contributed by atoms with Crippen molar-refractivity contribution in [1.29, 1.82) is 0 Å². The third kappa shape index (κ3) is 8.72. The zero-order chi connectivity index (χ0) is 10.3. The van der Waals surface area contributed by atoms with Gasteiger partial charge < -0.3 is 4.74 Å². The first-order chi connectivity index (χ1) is 5.95. The average molecular weight is 192 g/mol. The fourth-order valence-corrected chi connectivity index (χ4v) is 0.560. The molecule has 0 aliphatic heterocycles. The van der Waals surface area contributed by atoms with Gasteiger partial charge in [-0.25, -0.2) is 0 Å². The zero-order valence-corrected chi connectivity index (χ0v) is 7.27. The minimum atomic E-state index is -4.66. The molecule has 0 unspecified atom stereocenters. The summed E-state index contributed by atoms with van der Waals surface area (Å²) < 4.78 is 38.1. The molecule has 0 aromatic carbocycles. The van der Waals surface area contributed by atoms with Crippen LogP contribution in [0.5, 0.6) is 0 Å². The van der Waals surface area contributed by atoms with Crippen molar-refractivity contribution < 1.29 is 17.9 Å². The molecule has 0 aliphatic carbocycles. The SMILES string of the molecule is C=C(/C=C\C=C/CC)OC(F)(F)F. The third-order valence-corrected chi connectivity index (χ3v) is 1.01. The molecule has 0 saturated heterocycles. The Kier molecular flexibility index (Phi) is 4.96. The van der Waals surface area contributed by atoms with Crippen molar-refractivity contribution in [3.8, 4) is 0 Å². The molecule has 0 rings (SSSR count). The smallest absolute Gasteiger partial charge is 0.406 e. The van der Waals surface area contributed by atoms with E-state index in [0.29, 0.717) is 0 Å². The minimum Gasteiger partial charge on any atom is -0.406 e. The van der Waals surface area contributed by atoms with Gasteiger partial charge in [-0.2, -0.15) is 0 Å². The van der Waals surface area contributed by atoms with Crippen molar-refractivity contribution in [3.63, 3.8) is 0 Å². The van der Waals surface area contributed by atoms with Gasteiger partial charge in [-0.3, -0.25) is 0 Å². The molecule has 0 saturated carbocycles. The Labute approximate surface area is 75.2 Å². The van der Waals surface area contributed by atoms with Crippen LogP contribution in [0.2, 0.25) is 0 Å². The van der Waals surface area contributed by atoms with Crippen LogP contribution < -0.4 is 0 Å². The highest BCUT2D eigenvalue weighted by Crippen LogP contribution is 2.20. The first-order valence-electron chi connectivity index (χ1n) is 3.73. The normalized spacial score (nSPS) is 12.6. The molecule has 74 valence electrons. The fourth-order valence-electron chi connectivity index (χ4n) is 0.560. The van der Waals surface area contributed by atoms with Gasteiger partial charge in [0.05, 0.1) is 0 Å². The maximum atomic E-state index is 11.5. The Balaban J connectivity index is 3.88. The van der Waals surface area contributed by atoms with Crippen molar-refractivity contribution in [2.24, 2.45) is 0 Å². The maximum Gasteiger partial charge on any atom is 0.573 e. The molecule has 0 heterocycles. The number of hydrogen-bond donors (Lipinski definition) is 0. The molecule has 0 aromatic heterocycles. The highest BCUT2D eigenvalue weighted by molar-refractivity contribution is 5.14. The molecule has 0 aliphatic rings. The fraction of sp³-hybridized carbons (Fsp3) is 0.333. The van der Waals surface area contributed by atoms with Crippen LogP contribution in [-0.2, 0) is 4.74 Å². The number of hydrogen-bond acceptors (Lipinski definition) is 1.